The van der Waals surface area contributed by atoms with Gasteiger partial charge in [-0.3, -0.25) is 14.5 Å². The van der Waals surface area contributed by atoms with E-state index in [1.165, 1.54) is 0 Å². The molecule has 0 bridgehead atoms. The number of hydrogen-bond acceptors (Lipinski definition) is 5. The topological polar surface area (TPSA) is 84.7 Å². The number of nitrogens with one attached hydrogen (secondary N) is 2. The van der Waals surface area contributed by atoms with E-state index in [0.717, 1.165) is 5.69 Å². The van der Waals surface area contributed by atoms with E-state index in [2.05, 4.69) is 60.3 Å². The van der Waals surface area contributed by atoms with Gasteiger partial charge in [0.05, 0.1) is 11.7 Å². The third kappa shape index (κ3) is 4.53. The Balaban J connectivity index is 1.95. The highest BCUT2D eigenvalue weighted by atomic mass is 16.1. The zero-order valence-electron chi connectivity index (χ0n) is 15.0. The predicted octanol–water partition coefficient (Wildman–Crippen LogP) is 2.39. The standard InChI is InChI=1S/C17H26N6O/c1-12(2)14-10-13(22-23(14)17(3,4)5)16(24)21-9-8-20-15-11-18-6-7-19-15/h6-7,10-12H,8-9H2,1-5H3,(H,19,20)(H,21,24). The summed E-state index contributed by atoms with van der Waals surface area (Å²) in [5.74, 6) is 0.822. The van der Waals surface area contributed by atoms with Crippen molar-refractivity contribution >= 4 is 11.7 Å². The summed E-state index contributed by atoms with van der Waals surface area (Å²) in [5.41, 5.74) is 1.35. The summed E-state index contributed by atoms with van der Waals surface area (Å²) < 4.78 is 1.93. The van der Waals surface area contributed by atoms with E-state index in [1.54, 1.807) is 18.6 Å². The molecule has 0 unspecified atom stereocenters. The summed E-state index contributed by atoms with van der Waals surface area (Å²) in [6.07, 6.45) is 4.88. The van der Waals surface area contributed by atoms with Crippen LogP contribution < -0.4 is 10.6 Å². The van der Waals surface area contributed by atoms with Crippen molar-refractivity contribution in [2.24, 2.45) is 0 Å². The molecule has 0 aliphatic rings. The number of carbonyl (C=O) groups excluding carboxylic acids is 1. The fourth-order valence-corrected chi connectivity index (χ4v) is 2.30. The van der Waals surface area contributed by atoms with Crippen molar-refractivity contribution in [1.29, 1.82) is 0 Å². The highest BCUT2D eigenvalue weighted by Crippen LogP contribution is 2.23. The first-order valence-electron chi connectivity index (χ1n) is 8.17. The Labute approximate surface area is 142 Å². The van der Waals surface area contributed by atoms with Crippen LogP contribution in [0.3, 0.4) is 0 Å². The molecular weight excluding hydrogens is 304 g/mol. The van der Waals surface area contributed by atoms with Crippen molar-refractivity contribution in [3.05, 3.63) is 36.0 Å². The number of rotatable bonds is 6. The number of carbonyl (C=O) groups is 1. The SMILES string of the molecule is CC(C)c1cc(C(=O)NCCNc2cnccn2)nn1C(C)(C)C. The van der Waals surface area contributed by atoms with Crippen LogP contribution in [0.5, 0.6) is 0 Å². The molecule has 2 rings (SSSR count). The van der Waals surface area contributed by atoms with Gasteiger partial charge in [-0.25, -0.2) is 4.98 Å². The maximum atomic E-state index is 12.3. The van der Waals surface area contributed by atoms with Gasteiger partial charge < -0.3 is 10.6 Å². The first-order chi connectivity index (χ1) is 11.3. The van der Waals surface area contributed by atoms with Gasteiger partial charge in [0.25, 0.3) is 5.91 Å². The first-order valence-corrected chi connectivity index (χ1v) is 8.17. The molecule has 0 aliphatic carbocycles. The highest BCUT2D eigenvalue weighted by molar-refractivity contribution is 5.92. The van der Waals surface area contributed by atoms with E-state index in [4.69, 9.17) is 0 Å². The lowest BCUT2D eigenvalue weighted by molar-refractivity contribution is 0.0948. The molecule has 0 aliphatic heterocycles. The molecule has 2 N–H and O–H groups in total. The summed E-state index contributed by atoms with van der Waals surface area (Å²) in [4.78, 5) is 20.4. The van der Waals surface area contributed by atoms with Gasteiger partial charge >= 0.3 is 0 Å². The third-order valence-corrected chi connectivity index (χ3v) is 3.48. The van der Waals surface area contributed by atoms with Crippen LogP contribution in [0.4, 0.5) is 5.82 Å². The van der Waals surface area contributed by atoms with Crippen LogP contribution in [0, 0.1) is 0 Å². The average molecular weight is 330 g/mol. The largest absolute Gasteiger partial charge is 0.367 e. The summed E-state index contributed by atoms with van der Waals surface area (Å²) in [6, 6.07) is 1.88. The zero-order chi connectivity index (χ0) is 17.7. The first kappa shape index (κ1) is 17.9. The molecule has 24 heavy (non-hydrogen) atoms. The van der Waals surface area contributed by atoms with Crippen LogP contribution in [0.1, 0.15) is 56.7 Å². The van der Waals surface area contributed by atoms with Crippen molar-refractivity contribution < 1.29 is 4.79 Å². The molecule has 0 spiro atoms. The molecule has 0 saturated heterocycles. The Morgan fingerprint density at radius 1 is 1.25 bits per heavy atom. The second-order valence-electron chi connectivity index (χ2n) is 6.97. The number of nitrogens with zero attached hydrogens (tertiary/aromatic N) is 4. The van der Waals surface area contributed by atoms with Gasteiger partial charge in [-0.05, 0) is 32.8 Å². The van der Waals surface area contributed by atoms with Crippen molar-refractivity contribution in [2.75, 3.05) is 18.4 Å². The second kappa shape index (κ2) is 7.42. The second-order valence-corrected chi connectivity index (χ2v) is 6.97. The monoisotopic (exact) mass is 330 g/mol. The maximum Gasteiger partial charge on any atom is 0.271 e. The predicted molar refractivity (Wildman–Crippen MR) is 94.2 cm³/mol. The van der Waals surface area contributed by atoms with Gasteiger partial charge in [0.1, 0.15) is 11.5 Å². The lowest BCUT2D eigenvalue weighted by atomic mass is 10.1. The van der Waals surface area contributed by atoms with E-state index in [9.17, 15) is 4.79 Å². The van der Waals surface area contributed by atoms with Crippen LogP contribution in [0.25, 0.3) is 0 Å². The number of aromatic nitrogens is 4. The lowest BCUT2D eigenvalue weighted by Gasteiger charge is -2.23. The molecule has 0 atom stereocenters. The lowest BCUT2D eigenvalue weighted by Crippen LogP contribution is -2.30. The van der Waals surface area contributed by atoms with Crippen LogP contribution in [0.2, 0.25) is 0 Å². The van der Waals surface area contributed by atoms with Gasteiger partial charge in [-0.2, -0.15) is 5.10 Å². The summed E-state index contributed by atoms with van der Waals surface area (Å²) in [5, 5.41) is 10.5. The summed E-state index contributed by atoms with van der Waals surface area (Å²) in [6.45, 7) is 11.5. The number of anilines is 1. The van der Waals surface area contributed by atoms with E-state index in [1.807, 2.05) is 10.7 Å². The number of hydrogen-bond donors (Lipinski definition) is 2. The van der Waals surface area contributed by atoms with Gasteiger partial charge in [0, 0.05) is 31.2 Å². The molecule has 130 valence electrons. The Kier molecular flexibility index (Phi) is 5.54. The van der Waals surface area contributed by atoms with Crippen molar-refractivity contribution in [2.45, 2.75) is 46.1 Å². The Morgan fingerprint density at radius 3 is 2.54 bits per heavy atom. The Morgan fingerprint density at radius 2 is 2.00 bits per heavy atom. The molecule has 2 heterocycles. The van der Waals surface area contributed by atoms with Crippen molar-refractivity contribution in [3.63, 3.8) is 0 Å². The van der Waals surface area contributed by atoms with Crippen LogP contribution in [-0.2, 0) is 5.54 Å². The van der Waals surface area contributed by atoms with Gasteiger partial charge in [0.2, 0.25) is 0 Å². The fourth-order valence-electron chi connectivity index (χ4n) is 2.30. The van der Waals surface area contributed by atoms with Crippen LogP contribution in [0.15, 0.2) is 24.7 Å². The molecule has 0 fully saturated rings. The molecule has 0 radical (unpaired) electrons. The normalized spacial score (nSPS) is 11.6. The third-order valence-electron chi connectivity index (χ3n) is 3.48. The molecule has 7 nitrogen and oxygen atoms in total. The molecule has 2 aromatic heterocycles. The van der Waals surface area contributed by atoms with Gasteiger partial charge in [0.15, 0.2) is 0 Å². The minimum absolute atomic E-state index is 0.161. The van der Waals surface area contributed by atoms with Crippen molar-refractivity contribution in [3.8, 4) is 0 Å². The van der Waals surface area contributed by atoms with Gasteiger partial charge in [-0.15, -0.1) is 0 Å². The molecule has 1 amide bonds. The van der Waals surface area contributed by atoms with E-state index >= 15 is 0 Å². The van der Waals surface area contributed by atoms with E-state index in [-0.39, 0.29) is 11.4 Å². The minimum atomic E-state index is -0.166. The summed E-state index contributed by atoms with van der Waals surface area (Å²) in [7, 11) is 0. The minimum Gasteiger partial charge on any atom is -0.367 e. The van der Waals surface area contributed by atoms with Crippen LogP contribution in [-0.4, -0.2) is 38.7 Å². The smallest absolute Gasteiger partial charge is 0.271 e. The molecular formula is C17H26N6O. The quantitative estimate of drug-likeness (QED) is 0.795. The highest BCUT2D eigenvalue weighted by Gasteiger charge is 2.23. The molecule has 0 aromatic carbocycles. The zero-order valence-corrected chi connectivity index (χ0v) is 15.0. The fraction of sp³-hybridized carbons (Fsp3) is 0.529. The van der Waals surface area contributed by atoms with Gasteiger partial charge in [-0.1, -0.05) is 13.8 Å². The molecule has 7 heteroatoms. The number of amides is 1. The molecule has 0 saturated carbocycles. The van der Waals surface area contributed by atoms with E-state index in [0.29, 0.717) is 30.5 Å². The van der Waals surface area contributed by atoms with Crippen LogP contribution >= 0.6 is 0 Å². The summed E-state index contributed by atoms with van der Waals surface area (Å²) >= 11 is 0. The molecule has 2 aromatic rings. The van der Waals surface area contributed by atoms with Crippen molar-refractivity contribution in [1.82, 2.24) is 25.1 Å². The Hall–Kier alpha value is -2.44. The maximum absolute atomic E-state index is 12.3. The van der Waals surface area contributed by atoms with E-state index < -0.39 is 0 Å². The Bertz CT molecular complexity index is 672. The average Bonchev–Trinajstić information content (AvgIpc) is 2.98.